The summed E-state index contributed by atoms with van der Waals surface area (Å²) in [6.07, 6.45) is 6.06. The summed E-state index contributed by atoms with van der Waals surface area (Å²) in [6, 6.07) is 0. The molecular formula is C7H5B4F4FeO10. The Labute approximate surface area is 156 Å². The van der Waals surface area contributed by atoms with E-state index < -0.39 is 41.9 Å². The molecule has 0 heterocycles. The second-order valence-corrected chi connectivity index (χ2v) is 3.07. The van der Waals surface area contributed by atoms with Crippen LogP contribution < -0.4 is 20.1 Å². The largest absolute Gasteiger partial charge is 5.00 e. The van der Waals surface area contributed by atoms with Crippen LogP contribution in [0.2, 0.25) is 0 Å². The Kier molecular flexibility index (Phi) is 20.3. The van der Waals surface area contributed by atoms with Gasteiger partial charge in [0.05, 0.1) is 0 Å². The van der Waals surface area contributed by atoms with Crippen molar-refractivity contribution >= 4 is 41.9 Å². The van der Waals surface area contributed by atoms with Crippen LogP contribution in [0.1, 0.15) is 6.42 Å². The average molecular weight is 424 g/mol. The molecule has 0 aliphatic heterocycles. The minimum atomic E-state index is -3.16. The summed E-state index contributed by atoms with van der Waals surface area (Å²) in [5.41, 5.74) is 0. The predicted octanol–water partition coefficient (Wildman–Crippen LogP) is -3.16. The molecular weight excluding hydrogens is 419 g/mol. The molecule has 141 valence electrons. The number of halogens is 4. The van der Waals surface area contributed by atoms with Crippen molar-refractivity contribution in [3.8, 4) is 0 Å². The molecule has 0 atom stereocenters. The fraction of sp³-hybridized carbons (Fsp3) is 0.143. The minimum Gasteiger partial charge on any atom is -0.816 e. The number of rotatable bonds is 4. The van der Waals surface area contributed by atoms with Gasteiger partial charge >= 0.3 is 59.0 Å². The van der Waals surface area contributed by atoms with E-state index in [2.05, 4.69) is 30.8 Å². The van der Waals surface area contributed by atoms with E-state index in [1.165, 1.54) is 0 Å². The van der Waals surface area contributed by atoms with Gasteiger partial charge in [0.1, 0.15) is 0 Å². The number of allylic oxidation sites excluding steroid dienone is 4. The van der Waals surface area contributed by atoms with Gasteiger partial charge in [0.15, 0.2) is 0 Å². The molecule has 0 saturated carbocycles. The van der Waals surface area contributed by atoms with Crippen LogP contribution in [0.15, 0.2) is 18.2 Å². The summed E-state index contributed by atoms with van der Waals surface area (Å²) in [5, 5.41) is 37.2. The first-order valence-corrected chi connectivity index (χ1v) is 5.70. The molecule has 0 bridgehead atoms. The molecule has 10 nitrogen and oxygen atoms in total. The summed E-state index contributed by atoms with van der Waals surface area (Å²) in [4.78, 5) is 19.5. The first-order chi connectivity index (χ1) is 11.5. The third-order valence-electron chi connectivity index (χ3n) is 1.34. The zero-order valence-corrected chi connectivity index (χ0v) is 13.3. The van der Waals surface area contributed by atoms with E-state index in [1.807, 2.05) is 12.2 Å². The van der Waals surface area contributed by atoms with Crippen molar-refractivity contribution in [3.05, 3.63) is 24.3 Å². The topological polar surface area (TPSA) is 163 Å². The zero-order chi connectivity index (χ0) is 19.8. The van der Waals surface area contributed by atoms with E-state index in [9.17, 15) is 46.9 Å². The molecule has 0 spiro atoms. The molecule has 1 radical (unpaired) electrons. The van der Waals surface area contributed by atoms with Gasteiger partial charge in [-0.1, -0.05) is 0 Å². The van der Waals surface area contributed by atoms with Gasteiger partial charge in [0.2, 0.25) is 0 Å². The number of hydrogen-bond acceptors (Lipinski definition) is 10. The molecule has 1 rings (SSSR count). The minimum absolute atomic E-state index is 0. The fourth-order valence-electron chi connectivity index (χ4n) is 0.698. The van der Waals surface area contributed by atoms with Gasteiger partial charge in [0, 0.05) is 0 Å². The molecule has 0 aromatic carbocycles. The quantitative estimate of drug-likeness (QED) is 0.256. The van der Waals surface area contributed by atoms with E-state index in [-0.39, 0.29) is 17.1 Å². The van der Waals surface area contributed by atoms with Crippen molar-refractivity contribution in [1.82, 2.24) is 0 Å². The number of carbonyl (C=O) groups excluding carboxylic acids is 2. The standard InChI is InChI=1S/C5H5.2CB2F2O5.Fe/c1-2-4-5-3-1;2*4-2(7)9-1(6)10-3(5)8;/h1-3H,4H2;;;/q-1;2*-2;+5. The third-order valence-corrected chi connectivity index (χ3v) is 1.34. The number of hydrogen-bond donors (Lipinski definition) is 0. The second-order valence-electron chi connectivity index (χ2n) is 3.07. The molecule has 0 aromatic rings. The van der Waals surface area contributed by atoms with Gasteiger partial charge in [-0.25, -0.2) is 21.7 Å². The van der Waals surface area contributed by atoms with Crippen molar-refractivity contribution in [2.75, 3.05) is 0 Å². The van der Waals surface area contributed by atoms with E-state index >= 15 is 0 Å². The maximum absolute atomic E-state index is 11.1. The van der Waals surface area contributed by atoms with E-state index in [4.69, 9.17) is 0 Å². The Balaban J connectivity index is -0.000000314. The van der Waals surface area contributed by atoms with Crippen LogP contribution in [0.3, 0.4) is 0 Å². The van der Waals surface area contributed by atoms with Crippen LogP contribution in [-0.2, 0) is 35.7 Å². The molecule has 0 aromatic heterocycles. The van der Waals surface area contributed by atoms with Crippen LogP contribution in [-0.4, -0.2) is 41.9 Å². The van der Waals surface area contributed by atoms with Crippen LogP contribution in [0.25, 0.3) is 0 Å². The maximum atomic E-state index is 11.1. The van der Waals surface area contributed by atoms with Gasteiger partial charge in [-0.3, -0.25) is 23.3 Å². The van der Waals surface area contributed by atoms with Crippen molar-refractivity contribution in [2.45, 2.75) is 6.42 Å². The monoisotopic (exact) mass is 425 g/mol. The van der Waals surface area contributed by atoms with Crippen molar-refractivity contribution in [2.24, 2.45) is 0 Å². The van der Waals surface area contributed by atoms with E-state index in [0.29, 0.717) is 0 Å². The summed E-state index contributed by atoms with van der Waals surface area (Å²) < 4.78 is 56.5. The van der Waals surface area contributed by atoms with Crippen molar-refractivity contribution < 1.29 is 82.6 Å². The Morgan fingerprint density at radius 1 is 0.808 bits per heavy atom. The van der Waals surface area contributed by atoms with Crippen molar-refractivity contribution in [1.29, 1.82) is 0 Å². The summed E-state index contributed by atoms with van der Waals surface area (Å²) in [5.74, 6) is 0. The first kappa shape index (κ1) is 29.1. The summed E-state index contributed by atoms with van der Waals surface area (Å²) in [7, 11) is -12.6. The van der Waals surface area contributed by atoms with E-state index in [0.717, 1.165) is 6.42 Å². The van der Waals surface area contributed by atoms with Gasteiger partial charge in [-0.2, -0.15) is 6.08 Å². The molecule has 0 amide bonds. The van der Waals surface area contributed by atoms with Crippen LogP contribution in [0, 0.1) is 6.08 Å². The maximum Gasteiger partial charge on any atom is 5.00 e. The molecule has 0 saturated heterocycles. The van der Waals surface area contributed by atoms with Crippen molar-refractivity contribution in [3.63, 3.8) is 0 Å². The normalized spacial score (nSPS) is 9.85. The fourth-order valence-corrected chi connectivity index (χ4v) is 0.698. The van der Waals surface area contributed by atoms with Gasteiger partial charge in [-0.15, -0.1) is 6.42 Å². The van der Waals surface area contributed by atoms with Crippen LogP contribution in [0.4, 0.5) is 26.9 Å². The SMILES string of the molecule is O=C(OB([O-])F)OB([O-])F.O=C(OB([O-])F)OB([O-])F.[C-]1=CC=CC1.[Fe+5]. The van der Waals surface area contributed by atoms with E-state index in [1.54, 1.807) is 0 Å². The van der Waals surface area contributed by atoms with Crippen LogP contribution in [0.5, 0.6) is 0 Å². The first-order valence-electron chi connectivity index (χ1n) is 5.70. The smallest absolute Gasteiger partial charge is 0.816 e. The Morgan fingerprint density at radius 2 is 1.12 bits per heavy atom. The summed E-state index contributed by atoms with van der Waals surface area (Å²) >= 11 is 0. The molecule has 1 aliphatic rings. The zero-order valence-electron chi connectivity index (χ0n) is 12.2. The number of carbonyl (C=O) groups is 2. The second kappa shape index (κ2) is 18.2. The molecule has 19 heteroatoms. The summed E-state index contributed by atoms with van der Waals surface area (Å²) in [6.45, 7) is 0. The van der Waals surface area contributed by atoms with Gasteiger partial charge < -0.3 is 38.7 Å². The molecule has 0 unspecified atom stereocenters. The average Bonchev–Trinajstić information content (AvgIpc) is 2.93. The molecule has 1 aliphatic carbocycles. The Bertz CT molecular complexity index is 380. The van der Waals surface area contributed by atoms with Crippen LogP contribution >= 0.6 is 0 Å². The molecule has 0 N–H and O–H groups in total. The molecule has 0 fully saturated rings. The third kappa shape index (κ3) is 27.2. The van der Waals surface area contributed by atoms with Gasteiger partial charge in [0.25, 0.3) is 0 Å². The predicted molar refractivity (Wildman–Crippen MR) is 64.1 cm³/mol. The Morgan fingerprint density at radius 3 is 1.23 bits per heavy atom. The molecule has 26 heavy (non-hydrogen) atoms. The Hall–Kier alpha value is -1.64. The van der Waals surface area contributed by atoms with Gasteiger partial charge in [-0.05, 0) is 0 Å².